The van der Waals surface area contributed by atoms with Gasteiger partial charge in [-0.1, -0.05) is 25.0 Å². The minimum atomic E-state index is -0.379. The van der Waals surface area contributed by atoms with Gasteiger partial charge in [0.05, 0.1) is 11.3 Å². The topological polar surface area (TPSA) is 72.2 Å². The van der Waals surface area contributed by atoms with Gasteiger partial charge in [-0.15, -0.1) is 11.8 Å². The third-order valence-corrected chi connectivity index (χ3v) is 4.29. The quantitative estimate of drug-likeness (QED) is 0.808. The number of amides is 2. The van der Waals surface area contributed by atoms with Crippen molar-refractivity contribution in [2.45, 2.75) is 36.6 Å². The van der Waals surface area contributed by atoms with E-state index >= 15 is 0 Å². The number of nitrogens with two attached hydrogens (primary N) is 1. The highest BCUT2D eigenvalue weighted by Crippen LogP contribution is 2.23. The summed E-state index contributed by atoms with van der Waals surface area (Å²) in [5.74, 6) is -0.247. The van der Waals surface area contributed by atoms with Crippen LogP contribution in [0.5, 0.6) is 0 Å². The Bertz CT molecular complexity index is 470. The van der Waals surface area contributed by atoms with E-state index < -0.39 is 0 Å². The molecule has 4 nitrogen and oxygen atoms in total. The van der Waals surface area contributed by atoms with Crippen LogP contribution in [0.1, 0.15) is 36.0 Å². The van der Waals surface area contributed by atoms with Gasteiger partial charge in [0.25, 0.3) is 5.91 Å². The summed E-state index contributed by atoms with van der Waals surface area (Å²) < 4.78 is 0. The number of benzene rings is 1. The first kappa shape index (κ1) is 13.9. The van der Waals surface area contributed by atoms with E-state index in [1.807, 2.05) is 18.2 Å². The lowest BCUT2D eigenvalue weighted by Gasteiger charge is -2.13. The first-order chi connectivity index (χ1) is 9.16. The Morgan fingerprint density at radius 2 is 1.95 bits per heavy atom. The van der Waals surface area contributed by atoms with Crippen LogP contribution >= 0.6 is 11.8 Å². The molecule has 1 aliphatic carbocycles. The summed E-state index contributed by atoms with van der Waals surface area (Å²) in [6, 6.07) is 7.61. The Balaban J connectivity index is 2.04. The number of rotatable bonds is 5. The van der Waals surface area contributed by atoms with E-state index in [-0.39, 0.29) is 17.6 Å². The molecule has 0 heterocycles. The largest absolute Gasteiger partial charge is 0.369 e. The van der Waals surface area contributed by atoms with Crippen LogP contribution in [0.15, 0.2) is 29.2 Å². The number of nitrogens with one attached hydrogen (secondary N) is 1. The minimum Gasteiger partial charge on any atom is -0.369 e. The molecule has 0 bridgehead atoms. The number of thioether (sulfide) groups is 1. The van der Waals surface area contributed by atoms with Crippen molar-refractivity contribution in [1.82, 2.24) is 5.32 Å². The number of hydrogen-bond donors (Lipinski definition) is 2. The maximum absolute atomic E-state index is 12.2. The predicted molar refractivity (Wildman–Crippen MR) is 76.1 cm³/mol. The smallest absolute Gasteiger partial charge is 0.252 e. The molecular weight excluding hydrogens is 260 g/mol. The summed E-state index contributed by atoms with van der Waals surface area (Å²) in [4.78, 5) is 23.9. The van der Waals surface area contributed by atoms with Crippen LogP contribution in [0.3, 0.4) is 0 Å². The molecule has 1 fully saturated rings. The normalized spacial score (nSPS) is 15.4. The fourth-order valence-electron chi connectivity index (χ4n) is 2.26. The van der Waals surface area contributed by atoms with Crippen LogP contribution < -0.4 is 11.1 Å². The number of primary amides is 1. The number of carbonyl (C=O) groups is 2. The van der Waals surface area contributed by atoms with Crippen molar-refractivity contribution in [3.63, 3.8) is 0 Å². The van der Waals surface area contributed by atoms with Crippen molar-refractivity contribution in [3.8, 4) is 0 Å². The Hall–Kier alpha value is -1.49. The molecular formula is C14H18N2O2S. The zero-order chi connectivity index (χ0) is 13.7. The van der Waals surface area contributed by atoms with Gasteiger partial charge in [-0.25, -0.2) is 0 Å². The first-order valence-corrected chi connectivity index (χ1v) is 7.46. The van der Waals surface area contributed by atoms with Crippen molar-refractivity contribution in [3.05, 3.63) is 29.8 Å². The van der Waals surface area contributed by atoms with Gasteiger partial charge < -0.3 is 11.1 Å². The van der Waals surface area contributed by atoms with E-state index in [0.29, 0.717) is 11.6 Å². The Morgan fingerprint density at radius 3 is 2.63 bits per heavy atom. The summed E-state index contributed by atoms with van der Waals surface area (Å²) in [6.45, 7) is 0. The van der Waals surface area contributed by atoms with Gasteiger partial charge in [0.1, 0.15) is 0 Å². The van der Waals surface area contributed by atoms with Gasteiger partial charge in [0.2, 0.25) is 5.91 Å². The van der Waals surface area contributed by atoms with Gasteiger partial charge in [0.15, 0.2) is 0 Å². The Morgan fingerprint density at radius 1 is 1.26 bits per heavy atom. The highest BCUT2D eigenvalue weighted by Gasteiger charge is 2.19. The van der Waals surface area contributed by atoms with E-state index in [1.165, 1.54) is 24.6 Å². The molecule has 2 amide bonds. The third kappa shape index (κ3) is 3.99. The Kier molecular flexibility index (Phi) is 4.85. The molecule has 3 N–H and O–H groups in total. The van der Waals surface area contributed by atoms with Gasteiger partial charge in [-0.3, -0.25) is 9.59 Å². The monoisotopic (exact) mass is 278 g/mol. The molecule has 0 aliphatic heterocycles. The zero-order valence-electron chi connectivity index (χ0n) is 10.7. The van der Waals surface area contributed by atoms with Crippen LogP contribution in [-0.2, 0) is 4.79 Å². The Labute approximate surface area is 117 Å². The van der Waals surface area contributed by atoms with Crippen LogP contribution in [0.4, 0.5) is 0 Å². The molecule has 102 valence electrons. The molecule has 0 spiro atoms. The van der Waals surface area contributed by atoms with E-state index in [4.69, 9.17) is 5.73 Å². The lowest BCUT2D eigenvalue weighted by molar-refractivity contribution is -0.115. The second kappa shape index (κ2) is 6.61. The van der Waals surface area contributed by atoms with E-state index in [1.54, 1.807) is 6.07 Å². The standard InChI is InChI=1S/C14H18N2O2S/c15-13(17)9-19-12-8-4-3-7-11(12)14(18)16-10-5-1-2-6-10/h3-4,7-8,10H,1-2,5-6,9H2,(H2,15,17)(H,16,18). The summed E-state index contributed by atoms with van der Waals surface area (Å²) in [5, 5.41) is 3.05. The second-order valence-corrected chi connectivity index (χ2v) is 5.72. The van der Waals surface area contributed by atoms with Crippen LogP contribution in [0, 0.1) is 0 Å². The van der Waals surface area contributed by atoms with E-state index in [2.05, 4.69) is 5.32 Å². The molecule has 0 unspecified atom stereocenters. The zero-order valence-corrected chi connectivity index (χ0v) is 11.5. The van der Waals surface area contributed by atoms with E-state index in [9.17, 15) is 9.59 Å². The summed E-state index contributed by atoms with van der Waals surface area (Å²) >= 11 is 1.31. The summed E-state index contributed by atoms with van der Waals surface area (Å²) in [7, 11) is 0. The molecule has 2 rings (SSSR count). The maximum Gasteiger partial charge on any atom is 0.252 e. The third-order valence-electron chi connectivity index (χ3n) is 3.19. The second-order valence-electron chi connectivity index (χ2n) is 4.71. The predicted octanol–water partition coefficient (Wildman–Crippen LogP) is 1.94. The molecule has 5 heteroatoms. The molecule has 1 aromatic carbocycles. The molecule has 19 heavy (non-hydrogen) atoms. The molecule has 0 radical (unpaired) electrons. The molecule has 1 aliphatic rings. The van der Waals surface area contributed by atoms with Crippen molar-refractivity contribution >= 4 is 23.6 Å². The van der Waals surface area contributed by atoms with Crippen molar-refractivity contribution in [1.29, 1.82) is 0 Å². The highest BCUT2D eigenvalue weighted by atomic mass is 32.2. The van der Waals surface area contributed by atoms with Crippen LogP contribution in [0.2, 0.25) is 0 Å². The molecule has 1 aromatic rings. The van der Waals surface area contributed by atoms with Gasteiger partial charge in [-0.05, 0) is 25.0 Å². The molecule has 0 aromatic heterocycles. The number of carbonyl (C=O) groups excluding carboxylic acids is 2. The van der Waals surface area contributed by atoms with Crippen molar-refractivity contribution in [2.75, 3.05) is 5.75 Å². The van der Waals surface area contributed by atoms with Gasteiger partial charge in [0, 0.05) is 10.9 Å². The maximum atomic E-state index is 12.2. The molecule has 0 atom stereocenters. The number of hydrogen-bond acceptors (Lipinski definition) is 3. The average Bonchev–Trinajstić information content (AvgIpc) is 2.89. The van der Waals surface area contributed by atoms with Crippen molar-refractivity contribution in [2.24, 2.45) is 5.73 Å². The highest BCUT2D eigenvalue weighted by molar-refractivity contribution is 8.00. The van der Waals surface area contributed by atoms with Crippen molar-refractivity contribution < 1.29 is 9.59 Å². The minimum absolute atomic E-state index is 0.0560. The first-order valence-electron chi connectivity index (χ1n) is 6.48. The summed E-state index contributed by atoms with van der Waals surface area (Å²) in [5.41, 5.74) is 5.76. The fourth-order valence-corrected chi connectivity index (χ4v) is 3.05. The van der Waals surface area contributed by atoms with E-state index in [0.717, 1.165) is 17.7 Å². The molecule has 1 saturated carbocycles. The summed E-state index contributed by atoms with van der Waals surface area (Å²) in [6.07, 6.45) is 4.48. The van der Waals surface area contributed by atoms with Crippen LogP contribution in [0.25, 0.3) is 0 Å². The average molecular weight is 278 g/mol. The lowest BCUT2D eigenvalue weighted by Crippen LogP contribution is -2.32. The molecule has 0 saturated heterocycles. The van der Waals surface area contributed by atoms with Gasteiger partial charge in [-0.2, -0.15) is 0 Å². The van der Waals surface area contributed by atoms with Gasteiger partial charge >= 0.3 is 0 Å². The lowest BCUT2D eigenvalue weighted by atomic mass is 10.2. The SMILES string of the molecule is NC(=O)CSc1ccccc1C(=O)NC1CCCC1. The fraction of sp³-hybridized carbons (Fsp3) is 0.429. The van der Waals surface area contributed by atoms with Crippen LogP contribution in [-0.4, -0.2) is 23.6 Å².